The Morgan fingerprint density at radius 3 is 0.861 bits per heavy atom. The molecule has 4 nitrogen and oxygen atoms in total. The number of aliphatic hydroxyl groups is 4. The first-order chi connectivity index (χ1) is 17.7. The molecule has 0 aliphatic carbocycles. The highest BCUT2D eigenvalue weighted by molar-refractivity contribution is 4.54. The van der Waals surface area contributed by atoms with Crippen molar-refractivity contribution in [3.05, 3.63) is 0 Å². The molecule has 0 saturated carbocycles. The molecule has 0 radical (unpaired) electrons. The van der Waals surface area contributed by atoms with Gasteiger partial charge in [-0.15, -0.1) is 0 Å². The van der Waals surface area contributed by atoms with E-state index in [0.717, 1.165) is 25.7 Å². The van der Waals surface area contributed by atoms with Crippen LogP contribution in [0.4, 0.5) is 0 Å². The molecule has 0 saturated heterocycles. The van der Waals surface area contributed by atoms with Crippen LogP contribution in [-0.4, -0.2) is 46.4 Å². The molecular formula is C32H68O4. The largest absolute Gasteiger partial charge is 0.396 e. The summed E-state index contributed by atoms with van der Waals surface area (Å²) in [6.45, 7) is 2.90. The van der Waals surface area contributed by atoms with Gasteiger partial charge in [0.1, 0.15) is 0 Å². The van der Waals surface area contributed by atoms with Crippen LogP contribution in [0.5, 0.6) is 0 Å². The Morgan fingerprint density at radius 1 is 0.361 bits per heavy atom. The summed E-state index contributed by atoms with van der Waals surface area (Å²) in [6, 6.07) is 0. The SMILES string of the molecule is CCCCCCCCCCCCCCC(O)CO.OCCCCCCCCCCCCCCCCO. The Balaban J connectivity index is 0. The molecule has 0 aliphatic heterocycles. The molecule has 1 unspecified atom stereocenters. The van der Waals surface area contributed by atoms with Gasteiger partial charge in [0.25, 0.3) is 0 Å². The third kappa shape index (κ3) is 38.4. The predicted octanol–water partition coefficient (Wildman–Crippen LogP) is 8.86. The van der Waals surface area contributed by atoms with Crippen molar-refractivity contribution in [2.45, 2.75) is 186 Å². The van der Waals surface area contributed by atoms with E-state index in [2.05, 4.69) is 6.92 Å². The fraction of sp³-hybridized carbons (Fsp3) is 1.00. The van der Waals surface area contributed by atoms with E-state index >= 15 is 0 Å². The van der Waals surface area contributed by atoms with E-state index < -0.39 is 6.10 Å². The molecule has 0 spiro atoms. The zero-order chi connectivity index (χ0) is 26.8. The van der Waals surface area contributed by atoms with Crippen LogP contribution in [0.3, 0.4) is 0 Å². The van der Waals surface area contributed by atoms with Gasteiger partial charge in [-0.3, -0.25) is 0 Å². The number of hydrogen-bond acceptors (Lipinski definition) is 4. The van der Waals surface area contributed by atoms with Gasteiger partial charge in [0.2, 0.25) is 0 Å². The van der Waals surface area contributed by atoms with Crippen LogP contribution in [0, 0.1) is 0 Å². The smallest absolute Gasteiger partial charge is 0.0770 e. The monoisotopic (exact) mass is 517 g/mol. The molecule has 0 aliphatic rings. The molecule has 4 N–H and O–H groups in total. The van der Waals surface area contributed by atoms with Crippen LogP contribution in [0.2, 0.25) is 0 Å². The van der Waals surface area contributed by atoms with Gasteiger partial charge in [-0.25, -0.2) is 0 Å². The Hall–Kier alpha value is -0.160. The number of unbranched alkanes of at least 4 members (excludes halogenated alkanes) is 24. The third-order valence-corrected chi connectivity index (χ3v) is 7.17. The predicted molar refractivity (Wildman–Crippen MR) is 158 cm³/mol. The molecule has 0 aromatic heterocycles. The second kappa shape index (κ2) is 37.0. The maximum Gasteiger partial charge on any atom is 0.0770 e. The van der Waals surface area contributed by atoms with Crippen LogP contribution < -0.4 is 0 Å². The number of rotatable bonds is 29. The molecule has 0 heterocycles. The van der Waals surface area contributed by atoms with Crippen molar-refractivity contribution >= 4 is 0 Å². The molecule has 4 heteroatoms. The second-order valence-corrected chi connectivity index (χ2v) is 10.9. The minimum atomic E-state index is -0.492. The van der Waals surface area contributed by atoms with Gasteiger partial charge < -0.3 is 20.4 Å². The lowest BCUT2D eigenvalue weighted by atomic mass is 10.0. The molecular weight excluding hydrogens is 448 g/mol. The van der Waals surface area contributed by atoms with Gasteiger partial charge in [-0.2, -0.15) is 0 Å². The fourth-order valence-electron chi connectivity index (χ4n) is 4.66. The normalized spacial score (nSPS) is 11.9. The van der Waals surface area contributed by atoms with Gasteiger partial charge in [0, 0.05) is 13.2 Å². The Morgan fingerprint density at radius 2 is 0.611 bits per heavy atom. The highest BCUT2D eigenvalue weighted by Gasteiger charge is 2.00. The Labute approximate surface area is 226 Å². The van der Waals surface area contributed by atoms with E-state index in [1.54, 1.807) is 0 Å². The summed E-state index contributed by atoms with van der Waals surface area (Å²) in [5, 5.41) is 35.1. The highest BCUT2D eigenvalue weighted by Crippen LogP contribution is 2.14. The first-order valence-corrected chi connectivity index (χ1v) is 16.2. The molecule has 0 bridgehead atoms. The average molecular weight is 517 g/mol. The van der Waals surface area contributed by atoms with Crippen LogP contribution in [0.15, 0.2) is 0 Å². The molecule has 0 aromatic rings. The van der Waals surface area contributed by atoms with Gasteiger partial charge in [0.05, 0.1) is 12.7 Å². The van der Waals surface area contributed by atoms with E-state index in [9.17, 15) is 0 Å². The Bertz CT molecular complexity index is 335. The summed E-state index contributed by atoms with van der Waals surface area (Å²) < 4.78 is 0. The molecule has 1 atom stereocenters. The summed E-state index contributed by atoms with van der Waals surface area (Å²) >= 11 is 0. The summed E-state index contributed by atoms with van der Waals surface area (Å²) in [5.41, 5.74) is 0. The number of hydrogen-bond donors (Lipinski definition) is 4. The Kier molecular flexibility index (Phi) is 39.0. The van der Waals surface area contributed by atoms with Crippen molar-refractivity contribution in [1.82, 2.24) is 0 Å². The van der Waals surface area contributed by atoms with Crippen molar-refractivity contribution < 1.29 is 20.4 Å². The van der Waals surface area contributed by atoms with Crippen LogP contribution in [0.25, 0.3) is 0 Å². The van der Waals surface area contributed by atoms with Crippen LogP contribution >= 0.6 is 0 Å². The summed E-state index contributed by atoms with van der Waals surface area (Å²) in [5.74, 6) is 0. The maximum absolute atomic E-state index is 9.17. The second-order valence-electron chi connectivity index (χ2n) is 10.9. The maximum atomic E-state index is 9.17. The van der Waals surface area contributed by atoms with Crippen molar-refractivity contribution in [3.8, 4) is 0 Å². The fourth-order valence-corrected chi connectivity index (χ4v) is 4.66. The quantitative estimate of drug-likeness (QED) is 0.0748. The van der Waals surface area contributed by atoms with Crippen LogP contribution in [-0.2, 0) is 0 Å². The molecule has 220 valence electrons. The van der Waals surface area contributed by atoms with E-state index in [0.29, 0.717) is 13.2 Å². The molecule has 36 heavy (non-hydrogen) atoms. The first-order valence-electron chi connectivity index (χ1n) is 16.2. The van der Waals surface area contributed by atoms with Crippen LogP contribution in [0.1, 0.15) is 180 Å². The van der Waals surface area contributed by atoms with Crippen molar-refractivity contribution in [2.75, 3.05) is 19.8 Å². The minimum Gasteiger partial charge on any atom is -0.396 e. The van der Waals surface area contributed by atoms with Gasteiger partial charge in [-0.05, 0) is 19.3 Å². The highest BCUT2D eigenvalue weighted by atomic mass is 16.3. The minimum absolute atomic E-state index is 0.0853. The topological polar surface area (TPSA) is 80.9 Å². The van der Waals surface area contributed by atoms with Crippen molar-refractivity contribution in [3.63, 3.8) is 0 Å². The molecule has 0 aromatic carbocycles. The summed E-state index contributed by atoms with van der Waals surface area (Å²) in [4.78, 5) is 0. The lowest BCUT2D eigenvalue weighted by Crippen LogP contribution is -2.10. The lowest BCUT2D eigenvalue weighted by Gasteiger charge is -2.06. The summed E-state index contributed by atoms with van der Waals surface area (Å²) in [6.07, 6.45) is 34.3. The van der Waals surface area contributed by atoms with E-state index in [4.69, 9.17) is 20.4 Å². The average Bonchev–Trinajstić information content (AvgIpc) is 2.89. The molecule has 0 rings (SSSR count). The van der Waals surface area contributed by atoms with E-state index in [1.807, 2.05) is 0 Å². The van der Waals surface area contributed by atoms with E-state index in [1.165, 1.54) is 148 Å². The van der Waals surface area contributed by atoms with E-state index in [-0.39, 0.29) is 6.61 Å². The zero-order valence-electron chi connectivity index (χ0n) is 24.6. The van der Waals surface area contributed by atoms with Crippen molar-refractivity contribution in [1.29, 1.82) is 0 Å². The first kappa shape index (κ1) is 38.0. The van der Waals surface area contributed by atoms with Gasteiger partial charge in [0.15, 0.2) is 0 Å². The molecule has 0 amide bonds. The number of aliphatic hydroxyl groups excluding tert-OH is 4. The molecule has 0 fully saturated rings. The van der Waals surface area contributed by atoms with Gasteiger partial charge >= 0.3 is 0 Å². The third-order valence-electron chi connectivity index (χ3n) is 7.17. The zero-order valence-corrected chi connectivity index (χ0v) is 24.6. The standard InChI is InChI=1S/2C16H34O2/c1-2-3-4-5-6-7-8-9-10-11-12-13-14-16(18)15-17;17-15-13-11-9-7-5-3-1-2-4-6-8-10-12-14-16-18/h16-18H,2-15H2,1H3;17-18H,1-16H2. The van der Waals surface area contributed by atoms with Gasteiger partial charge in [-0.1, -0.05) is 161 Å². The lowest BCUT2D eigenvalue weighted by molar-refractivity contribution is 0.0860. The van der Waals surface area contributed by atoms with Crippen molar-refractivity contribution in [2.24, 2.45) is 0 Å². The summed E-state index contributed by atoms with van der Waals surface area (Å²) in [7, 11) is 0.